The van der Waals surface area contributed by atoms with Crippen molar-refractivity contribution in [1.82, 2.24) is 9.55 Å². The highest BCUT2D eigenvalue weighted by molar-refractivity contribution is 5.88. The number of aromatic nitrogens is 2. The van der Waals surface area contributed by atoms with Gasteiger partial charge in [-0.05, 0) is 36.4 Å². The molecule has 0 aliphatic heterocycles. The van der Waals surface area contributed by atoms with Gasteiger partial charge in [-0.3, -0.25) is 29.6 Å². The molecule has 0 fully saturated rings. The summed E-state index contributed by atoms with van der Waals surface area (Å²) in [6.07, 6.45) is 0. The third-order valence-electron chi connectivity index (χ3n) is 4.73. The zero-order valence-electron chi connectivity index (χ0n) is 16.0. The molecule has 158 valence electrons. The summed E-state index contributed by atoms with van der Waals surface area (Å²) in [6.45, 7) is 0. The van der Waals surface area contributed by atoms with E-state index in [-0.39, 0.29) is 28.0 Å². The molecule has 0 unspecified atom stereocenters. The number of nitro benzene ring substituents is 2. The van der Waals surface area contributed by atoms with Crippen LogP contribution in [0.1, 0.15) is 10.4 Å². The van der Waals surface area contributed by atoms with Crippen LogP contribution in [0.5, 0.6) is 0 Å². The van der Waals surface area contributed by atoms with E-state index in [1.54, 1.807) is 24.3 Å². The molecule has 4 rings (SSSR count). The van der Waals surface area contributed by atoms with Crippen molar-refractivity contribution in [3.63, 3.8) is 0 Å². The minimum Gasteiger partial charge on any atom is -0.478 e. The SMILES string of the molecule is O=C(O)c1ccc(-n2c(-c3cc([N+](=O)[O-])cc([N+](=O)[O-])c3)nc3ccccc3c2=O)cc1. The second-order valence-corrected chi connectivity index (χ2v) is 6.70. The highest BCUT2D eigenvalue weighted by Crippen LogP contribution is 2.30. The Morgan fingerprint density at radius 3 is 2.06 bits per heavy atom. The zero-order chi connectivity index (χ0) is 23.0. The Morgan fingerprint density at radius 1 is 0.906 bits per heavy atom. The third kappa shape index (κ3) is 3.54. The van der Waals surface area contributed by atoms with Crippen molar-refractivity contribution in [2.75, 3.05) is 0 Å². The van der Waals surface area contributed by atoms with E-state index < -0.39 is 32.7 Å². The molecule has 0 aliphatic carbocycles. The number of carbonyl (C=O) groups is 1. The Bertz CT molecular complexity index is 1440. The van der Waals surface area contributed by atoms with Gasteiger partial charge in [0.25, 0.3) is 16.9 Å². The first-order chi connectivity index (χ1) is 15.3. The first-order valence-electron chi connectivity index (χ1n) is 9.06. The lowest BCUT2D eigenvalue weighted by atomic mass is 10.1. The molecule has 0 bridgehead atoms. The molecule has 11 nitrogen and oxygen atoms in total. The van der Waals surface area contributed by atoms with Crippen molar-refractivity contribution >= 4 is 28.2 Å². The van der Waals surface area contributed by atoms with Gasteiger partial charge in [0.2, 0.25) is 0 Å². The van der Waals surface area contributed by atoms with Gasteiger partial charge >= 0.3 is 5.97 Å². The number of carboxylic acid groups (broad SMARTS) is 1. The van der Waals surface area contributed by atoms with E-state index in [0.29, 0.717) is 5.52 Å². The van der Waals surface area contributed by atoms with Gasteiger partial charge in [-0.1, -0.05) is 12.1 Å². The van der Waals surface area contributed by atoms with E-state index in [0.717, 1.165) is 22.8 Å². The maximum Gasteiger partial charge on any atom is 0.335 e. The van der Waals surface area contributed by atoms with Crippen LogP contribution in [0, 0.1) is 20.2 Å². The van der Waals surface area contributed by atoms with Gasteiger partial charge in [-0.15, -0.1) is 0 Å². The normalized spacial score (nSPS) is 10.8. The van der Waals surface area contributed by atoms with Crippen LogP contribution >= 0.6 is 0 Å². The fourth-order valence-electron chi connectivity index (χ4n) is 3.25. The van der Waals surface area contributed by atoms with Crippen LogP contribution in [-0.4, -0.2) is 30.5 Å². The number of hydrogen-bond donors (Lipinski definition) is 1. The monoisotopic (exact) mass is 432 g/mol. The van der Waals surface area contributed by atoms with Crippen molar-refractivity contribution in [2.45, 2.75) is 0 Å². The Balaban J connectivity index is 2.08. The molecule has 0 saturated carbocycles. The maximum absolute atomic E-state index is 13.3. The van der Waals surface area contributed by atoms with Crippen LogP contribution in [0.3, 0.4) is 0 Å². The molecule has 1 heterocycles. The van der Waals surface area contributed by atoms with Gasteiger partial charge in [-0.25, -0.2) is 9.78 Å². The van der Waals surface area contributed by atoms with Crippen molar-refractivity contribution in [3.05, 3.63) is 103 Å². The highest BCUT2D eigenvalue weighted by Gasteiger charge is 2.22. The Morgan fingerprint density at radius 2 is 1.50 bits per heavy atom. The van der Waals surface area contributed by atoms with E-state index in [4.69, 9.17) is 5.11 Å². The van der Waals surface area contributed by atoms with E-state index in [1.807, 2.05) is 0 Å². The number of nitro groups is 2. The lowest BCUT2D eigenvalue weighted by Gasteiger charge is -2.14. The Hall–Kier alpha value is -4.93. The molecule has 1 N–H and O–H groups in total. The van der Waals surface area contributed by atoms with Crippen molar-refractivity contribution < 1.29 is 19.7 Å². The first-order valence-corrected chi connectivity index (χ1v) is 9.06. The predicted octanol–water partition coefficient (Wildman–Crippen LogP) is 3.57. The maximum atomic E-state index is 13.3. The van der Waals surface area contributed by atoms with Crippen LogP contribution in [0.15, 0.2) is 71.5 Å². The predicted molar refractivity (Wildman–Crippen MR) is 113 cm³/mol. The number of nitrogens with zero attached hydrogens (tertiary/aromatic N) is 4. The van der Waals surface area contributed by atoms with Gasteiger partial charge in [0.05, 0.1) is 38.1 Å². The van der Waals surface area contributed by atoms with E-state index in [2.05, 4.69) is 4.98 Å². The fraction of sp³-hybridized carbons (Fsp3) is 0. The van der Waals surface area contributed by atoms with Gasteiger partial charge in [0.15, 0.2) is 0 Å². The van der Waals surface area contributed by atoms with Crippen LogP contribution < -0.4 is 5.56 Å². The topological polar surface area (TPSA) is 158 Å². The van der Waals surface area contributed by atoms with E-state index >= 15 is 0 Å². The molecule has 11 heteroatoms. The summed E-state index contributed by atoms with van der Waals surface area (Å²) in [4.78, 5) is 50.0. The fourth-order valence-corrected chi connectivity index (χ4v) is 3.25. The molecule has 1 aromatic heterocycles. The lowest BCUT2D eigenvalue weighted by Crippen LogP contribution is -2.22. The number of carboxylic acids is 1. The Labute approximate surface area is 178 Å². The molecular formula is C21H12N4O7. The first kappa shape index (κ1) is 20.3. The van der Waals surface area contributed by atoms with Gasteiger partial charge in [-0.2, -0.15) is 0 Å². The van der Waals surface area contributed by atoms with Crippen LogP contribution in [0.2, 0.25) is 0 Å². The number of non-ortho nitro benzene ring substituents is 2. The minimum absolute atomic E-state index is 0.0110. The molecule has 0 spiro atoms. The Kier molecular flexibility index (Phi) is 4.91. The van der Waals surface area contributed by atoms with Gasteiger partial charge in [0, 0.05) is 17.7 Å². The summed E-state index contributed by atoms with van der Waals surface area (Å²) < 4.78 is 1.14. The summed E-state index contributed by atoms with van der Waals surface area (Å²) in [5, 5.41) is 32.0. The van der Waals surface area contributed by atoms with E-state index in [1.165, 1.54) is 24.3 Å². The summed E-state index contributed by atoms with van der Waals surface area (Å²) in [7, 11) is 0. The van der Waals surface area contributed by atoms with Crippen LogP contribution in [-0.2, 0) is 0 Å². The molecular weight excluding hydrogens is 420 g/mol. The number of fused-ring (bicyclic) bond motifs is 1. The molecule has 4 aromatic rings. The molecule has 0 saturated heterocycles. The summed E-state index contributed by atoms with van der Waals surface area (Å²) in [6, 6.07) is 14.8. The molecule has 0 amide bonds. The number of hydrogen-bond acceptors (Lipinski definition) is 7. The van der Waals surface area contributed by atoms with Crippen LogP contribution in [0.4, 0.5) is 11.4 Å². The quantitative estimate of drug-likeness (QED) is 0.370. The largest absolute Gasteiger partial charge is 0.478 e. The van der Waals surface area contributed by atoms with Crippen LogP contribution in [0.25, 0.3) is 28.0 Å². The number of para-hydroxylation sites is 1. The minimum atomic E-state index is -1.16. The van der Waals surface area contributed by atoms with E-state index in [9.17, 15) is 29.8 Å². The van der Waals surface area contributed by atoms with Gasteiger partial charge < -0.3 is 5.11 Å². The second kappa shape index (κ2) is 7.72. The lowest BCUT2D eigenvalue weighted by molar-refractivity contribution is -0.394. The average Bonchev–Trinajstić information content (AvgIpc) is 2.78. The number of aromatic carboxylic acids is 1. The van der Waals surface area contributed by atoms with Crippen molar-refractivity contribution in [1.29, 1.82) is 0 Å². The summed E-state index contributed by atoms with van der Waals surface area (Å²) >= 11 is 0. The highest BCUT2D eigenvalue weighted by atomic mass is 16.6. The van der Waals surface area contributed by atoms with Crippen molar-refractivity contribution in [2.24, 2.45) is 0 Å². The standard InChI is InChI=1S/C21H12N4O7/c26-20-17-3-1-2-4-18(17)22-19(23(20)14-7-5-12(6-8-14)21(27)28)13-9-15(24(29)30)11-16(10-13)25(31)32/h1-11H,(H,27,28). The molecule has 0 atom stereocenters. The number of rotatable bonds is 5. The average molecular weight is 432 g/mol. The second-order valence-electron chi connectivity index (χ2n) is 6.70. The summed E-state index contributed by atoms with van der Waals surface area (Å²) in [5.74, 6) is -1.22. The molecule has 3 aromatic carbocycles. The molecule has 32 heavy (non-hydrogen) atoms. The molecule has 0 aliphatic rings. The molecule has 0 radical (unpaired) electrons. The zero-order valence-corrected chi connectivity index (χ0v) is 16.0. The van der Waals surface area contributed by atoms with Gasteiger partial charge in [0.1, 0.15) is 5.82 Å². The third-order valence-corrected chi connectivity index (χ3v) is 4.73. The smallest absolute Gasteiger partial charge is 0.335 e. The van der Waals surface area contributed by atoms with Crippen molar-refractivity contribution in [3.8, 4) is 17.1 Å². The number of benzene rings is 3. The summed E-state index contributed by atoms with van der Waals surface area (Å²) in [5.41, 5.74) is -1.10.